The van der Waals surface area contributed by atoms with Gasteiger partial charge in [-0.3, -0.25) is 9.78 Å². The van der Waals surface area contributed by atoms with E-state index in [0.717, 1.165) is 31.2 Å². The molecule has 1 amide bonds. The second-order valence-electron chi connectivity index (χ2n) is 6.11. The average Bonchev–Trinajstić information content (AvgIpc) is 3.03. The number of ether oxygens (including phenoxy) is 1. The van der Waals surface area contributed by atoms with Gasteiger partial charge in [0.05, 0.1) is 10.6 Å². The van der Waals surface area contributed by atoms with Crippen molar-refractivity contribution >= 4 is 23.2 Å². The van der Waals surface area contributed by atoms with Crippen molar-refractivity contribution < 1.29 is 9.53 Å². The number of nitrogens with two attached hydrogens (primary N) is 1. The minimum absolute atomic E-state index is 0.153. The number of halogens is 1. The Bertz CT molecular complexity index is 715. The highest BCUT2D eigenvalue weighted by atomic mass is 35.5. The van der Waals surface area contributed by atoms with Gasteiger partial charge in [0.1, 0.15) is 12.4 Å². The predicted octanol–water partition coefficient (Wildman–Crippen LogP) is 3.52. The topological polar surface area (TPSA) is 77.2 Å². The maximum absolute atomic E-state index is 12.3. The van der Waals surface area contributed by atoms with Gasteiger partial charge in [-0.15, -0.1) is 0 Å². The number of carbonyl (C=O) groups excluding carboxylic acids is 1. The summed E-state index contributed by atoms with van der Waals surface area (Å²) in [4.78, 5) is 16.4. The quantitative estimate of drug-likeness (QED) is 0.869. The number of benzene rings is 1. The highest BCUT2D eigenvalue weighted by Gasteiger charge is 2.36. The van der Waals surface area contributed by atoms with Crippen LogP contribution < -0.4 is 15.8 Å². The number of nitrogens with one attached hydrogen (secondary N) is 1. The zero-order valence-electron chi connectivity index (χ0n) is 13.3. The fraction of sp³-hybridized carbons (Fsp3) is 0.333. The van der Waals surface area contributed by atoms with Crippen LogP contribution in [-0.4, -0.2) is 16.4 Å². The van der Waals surface area contributed by atoms with Gasteiger partial charge in [-0.2, -0.15) is 0 Å². The summed E-state index contributed by atoms with van der Waals surface area (Å²) in [6.45, 7) is 0.380. The third-order valence-electron chi connectivity index (χ3n) is 4.25. The zero-order valence-corrected chi connectivity index (χ0v) is 14.1. The lowest BCUT2D eigenvalue weighted by Crippen LogP contribution is -2.48. The number of nitrogens with zero attached hydrogens (tertiary/aromatic N) is 1. The van der Waals surface area contributed by atoms with Crippen LogP contribution in [-0.2, 0) is 11.4 Å². The third-order valence-corrected chi connectivity index (χ3v) is 4.55. The molecule has 1 saturated carbocycles. The van der Waals surface area contributed by atoms with Gasteiger partial charge in [0.15, 0.2) is 0 Å². The SMILES string of the molecule is NC1(C(=O)Nc2ccc(OCc3cccnc3)c(Cl)c2)CCCC1. The van der Waals surface area contributed by atoms with E-state index in [1.54, 1.807) is 30.6 Å². The first kappa shape index (κ1) is 16.7. The fourth-order valence-electron chi connectivity index (χ4n) is 2.83. The molecular formula is C18H20ClN3O2. The Morgan fingerprint density at radius 3 is 2.79 bits per heavy atom. The predicted molar refractivity (Wildman–Crippen MR) is 94.0 cm³/mol. The van der Waals surface area contributed by atoms with E-state index < -0.39 is 5.54 Å². The Labute approximate surface area is 146 Å². The van der Waals surface area contributed by atoms with Gasteiger partial charge in [-0.1, -0.05) is 30.5 Å². The maximum atomic E-state index is 12.3. The van der Waals surface area contributed by atoms with Crippen LogP contribution in [0.25, 0.3) is 0 Å². The van der Waals surface area contributed by atoms with E-state index in [2.05, 4.69) is 10.3 Å². The van der Waals surface area contributed by atoms with Crippen molar-refractivity contribution in [2.75, 3.05) is 5.32 Å². The van der Waals surface area contributed by atoms with Gasteiger partial charge < -0.3 is 15.8 Å². The average molecular weight is 346 g/mol. The molecule has 1 aliphatic rings. The fourth-order valence-corrected chi connectivity index (χ4v) is 3.06. The molecule has 0 radical (unpaired) electrons. The van der Waals surface area contributed by atoms with E-state index in [1.807, 2.05) is 12.1 Å². The van der Waals surface area contributed by atoms with Crippen LogP contribution in [0, 0.1) is 0 Å². The van der Waals surface area contributed by atoms with Crippen LogP contribution in [0.5, 0.6) is 5.75 Å². The smallest absolute Gasteiger partial charge is 0.244 e. The molecule has 1 fully saturated rings. The summed E-state index contributed by atoms with van der Waals surface area (Å²) in [5, 5.41) is 3.29. The van der Waals surface area contributed by atoms with Crippen molar-refractivity contribution in [1.29, 1.82) is 0 Å². The number of rotatable bonds is 5. The first-order valence-corrected chi connectivity index (χ1v) is 8.36. The second-order valence-corrected chi connectivity index (χ2v) is 6.52. The number of anilines is 1. The molecule has 1 aromatic carbocycles. The van der Waals surface area contributed by atoms with E-state index in [1.165, 1.54) is 0 Å². The minimum Gasteiger partial charge on any atom is -0.487 e. The molecule has 126 valence electrons. The van der Waals surface area contributed by atoms with Crippen molar-refractivity contribution in [1.82, 2.24) is 4.98 Å². The molecule has 0 spiro atoms. The summed E-state index contributed by atoms with van der Waals surface area (Å²) < 4.78 is 5.69. The Kier molecular flexibility index (Phi) is 5.02. The van der Waals surface area contributed by atoms with Gasteiger partial charge in [0, 0.05) is 23.6 Å². The van der Waals surface area contributed by atoms with Crippen LogP contribution in [0.3, 0.4) is 0 Å². The largest absolute Gasteiger partial charge is 0.487 e. The lowest BCUT2D eigenvalue weighted by molar-refractivity contribution is -0.121. The Hall–Kier alpha value is -2.11. The van der Waals surface area contributed by atoms with Gasteiger partial charge in [-0.25, -0.2) is 0 Å². The van der Waals surface area contributed by atoms with Crippen LogP contribution >= 0.6 is 11.6 Å². The molecule has 6 heteroatoms. The molecule has 5 nitrogen and oxygen atoms in total. The lowest BCUT2D eigenvalue weighted by atomic mass is 9.98. The molecule has 3 rings (SSSR count). The molecule has 3 N–H and O–H groups in total. The molecule has 0 aliphatic heterocycles. The first-order valence-electron chi connectivity index (χ1n) is 7.98. The highest BCUT2D eigenvalue weighted by molar-refractivity contribution is 6.32. The molecule has 0 atom stereocenters. The molecule has 2 aromatic rings. The van der Waals surface area contributed by atoms with Crippen molar-refractivity contribution in [3.63, 3.8) is 0 Å². The molecule has 0 saturated heterocycles. The molecular weight excluding hydrogens is 326 g/mol. The lowest BCUT2D eigenvalue weighted by Gasteiger charge is -2.22. The van der Waals surface area contributed by atoms with Crippen LogP contribution in [0.4, 0.5) is 5.69 Å². The van der Waals surface area contributed by atoms with Crippen molar-refractivity contribution in [3.8, 4) is 5.75 Å². The van der Waals surface area contributed by atoms with E-state index in [9.17, 15) is 4.79 Å². The van der Waals surface area contributed by atoms with E-state index in [-0.39, 0.29) is 5.91 Å². The number of hydrogen-bond donors (Lipinski definition) is 2. The minimum atomic E-state index is -0.762. The monoisotopic (exact) mass is 345 g/mol. The second kappa shape index (κ2) is 7.20. The molecule has 0 unspecified atom stereocenters. The summed E-state index contributed by atoms with van der Waals surface area (Å²) in [7, 11) is 0. The van der Waals surface area contributed by atoms with Gasteiger partial charge in [0.2, 0.25) is 5.91 Å². The van der Waals surface area contributed by atoms with E-state index in [0.29, 0.717) is 23.1 Å². The normalized spacial score (nSPS) is 15.9. The molecule has 24 heavy (non-hydrogen) atoms. The van der Waals surface area contributed by atoms with Crippen molar-refractivity contribution in [2.24, 2.45) is 5.73 Å². The number of amides is 1. The van der Waals surface area contributed by atoms with Crippen molar-refractivity contribution in [2.45, 2.75) is 37.8 Å². The number of carbonyl (C=O) groups is 1. The van der Waals surface area contributed by atoms with Crippen LogP contribution in [0.1, 0.15) is 31.2 Å². The number of hydrogen-bond acceptors (Lipinski definition) is 4. The standard InChI is InChI=1S/C18H20ClN3O2/c19-15-10-14(22-17(23)18(20)7-1-2-8-18)5-6-16(15)24-12-13-4-3-9-21-11-13/h3-6,9-11H,1-2,7-8,12,20H2,(H,22,23). The molecule has 1 aliphatic carbocycles. The molecule has 1 heterocycles. The highest BCUT2D eigenvalue weighted by Crippen LogP contribution is 2.31. The number of pyridine rings is 1. The summed E-state index contributed by atoms with van der Waals surface area (Å²) in [5.74, 6) is 0.405. The Balaban J connectivity index is 1.63. The summed E-state index contributed by atoms with van der Waals surface area (Å²) in [5.41, 5.74) is 6.97. The van der Waals surface area contributed by atoms with Crippen LogP contribution in [0.15, 0.2) is 42.7 Å². The Morgan fingerprint density at radius 2 is 2.12 bits per heavy atom. The summed E-state index contributed by atoms with van der Waals surface area (Å²) in [6, 6.07) is 8.96. The third kappa shape index (κ3) is 3.86. The van der Waals surface area contributed by atoms with Crippen molar-refractivity contribution in [3.05, 3.63) is 53.3 Å². The zero-order chi connectivity index (χ0) is 17.0. The maximum Gasteiger partial charge on any atom is 0.244 e. The van der Waals surface area contributed by atoms with Gasteiger partial charge >= 0.3 is 0 Å². The molecule has 1 aromatic heterocycles. The Morgan fingerprint density at radius 1 is 1.33 bits per heavy atom. The number of aromatic nitrogens is 1. The van der Waals surface area contributed by atoms with E-state index in [4.69, 9.17) is 22.1 Å². The van der Waals surface area contributed by atoms with Gasteiger partial charge in [0.25, 0.3) is 0 Å². The molecule has 0 bridgehead atoms. The van der Waals surface area contributed by atoms with Gasteiger partial charge in [-0.05, 0) is 37.1 Å². The first-order chi connectivity index (χ1) is 11.6. The van der Waals surface area contributed by atoms with E-state index >= 15 is 0 Å². The summed E-state index contributed by atoms with van der Waals surface area (Å²) in [6.07, 6.45) is 6.88. The van der Waals surface area contributed by atoms with Crippen LogP contribution in [0.2, 0.25) is 5.02 Å². The summed E-state index contributed by atoms with van der Waals surface area (Å²) >= 11 is 6.25.